The van der Waals surface area contributed by atoms with Crippen LogP contribution in [-0.4, -0.2) is 60.0 Å². The van der Waals surface area contributed by atoms with E-state index < -0.39 is 0 Å². The highest BCUT2D eigenvalue weighted by Crippen LogP contribution is 2.24. The lowest BCUT2D eigenvalue weighted by Crippen LogP contribution is -2.49. The van der Waals surface area contributed by atoms with Crippen LogP contribution in [0.15, 0.2) is 29.6 Å². The second kappa shape index (κ2) is 9.22. The topological polar surface area (TPSA) is 39.7 Å². The van der Waals surface area contributed by atoms with Crippen LogP contribution >= 0.6 is 11.3 Å². The maximum atomic E-state index is 13.0. The fraction of sp³-hybridized carbons (Fsp3) is 0.545. The van der Waals surface area contributed by atoms with Crippen molar-refractivity contribution < 1.29 is 9.18 Å². The molecule has 0 atom stereocenters. The van der Waals surface area contributed by atoms with Crippen molar-refractivity contribution in [1.82, 2.24) is 14.8 Å². The zero-order valence-corrected chi connectivity index (χ0v) is 17.8. The molecule has 0 saturated carbocycles. The molecule has 7 heteroatoms. The first-order valence-electron chi connectivity index (χ1n) is 10.5. The van der Waals surface area contributed by atoms with E-state index in [0.29, 0.717) is 19.5 Å². The van der Waals surface area contributed by atoms with E-state index in [4.69, 9.17) is 4.98 Å². The molecule has 4 rings (SSSR count). The van der Waals surface area contributed by atoms with Gasteiger partial charge in [-0.15, -0.1) is 11.3 Å². The number of hydrogen-bond donors (Lipinski definition) is 0. The van der Waals surface area contributed by atoms with Crippen LogP contribution in [0.2, 0.25) is 0 Å². The Morgan fingerprint density at radius 1 is 1.10 bits per heavy atom. The van der Waals surface area contributed by atoms with Crippen LogP contribution in [0.4, 0.5) is 9.52 Å². The van der Waals surface area contributed by atoms with Crippen molar-refractivity contribution >= 4 is 22.4 Å². The van der Waals surface area contributed by atoms with Gasteiger partial charge in [0.25, 0.3) is 0 Å². The third-order valence-electron chi connectivity index (χ3n) is 5.97. The number of carbonyl (C=O) groups excluding carboxylic acids is 1. The van der Waals surface area contributed by atoms with Crippen LogP contribution in [0, 0.1) is 11.7 Å². The summed E-state index contributed by atoms with van der Waals surface area (Å²) in [7, 11) is 0. The van der Waals surface area contributed by atoms with Gasteiger partial charge in [-0.25, -0.2) is 9.37 Å². The molecule has 0 N–H and O–H groups in total. The molecule has 0 spiro atoms. The smallest absolute Gasteiger partial charge is 0.227 e. The summed E-state index contributed by atoms with van der Waals surface area (Å²) in [6, 6.07) is 6.18. The summed E-state index contributed by atoms with van der Waals surface area (Å²) in [5, 5.41) is 3.25. The number of hydrogen-bond acceptors (Lipinski definition) is 5. The molecule has 2 aromatic rings. The highest BCUT2D eigenvalue weighted by atomic mass is 32.1. The van der Waals surface area contributed by atoms with E-state index in [1.54, 1.807) is 23.5 Å². The van der Waals surface area contributed by atoms with E-state index in [9.17, 15) is 9.18 Å². The van der Waals surface area contributed by atoms with Crippen molar-refractivity contribution in [3.8, 4) is 0 Å². The maximum Gasteiger partial charge on any atom is 0.227 e. The fourth-order valence-corrected chi connectivity index (χ4v) is 4.87. The highest BCUT2D eigenvalue weighted by molar-refractivity contribution is 7.13. The Morgan fingerprint density at radius 2 is 1.79 bits per heavy atom. The van der Waals surface area contributed by atoms with Gasteiger partial charge in [0.05, 0.1) is 12.1 Å². The Hall–Kier alpha value is -1.99. The van der Waals surface area contributed by atoms with Gasteiger partial charge in [0.2, 0.25) is 5.91 Å². The molecule has 1 aromatic heterocycles. The molecule has 3 heterocycles. The van der Waals surface area contributed by atoms with Gasteiger partial charge in [-0.05, 0) is 49.5 Å². The fourth-order valence-electron chi connectivity index (χ4n) is 4.00. The van der Waals surface area contributed by atoms with Crippen molar-refractivity contribution in [3.63, 3.8) is 0 Å². The standard InChI is InChI=1S/C22H29FN4OS/c1-17-6-8-25(9-7-17)15-20-16-29-22(24-20)27-12-10-26(11-13-27)21(28)14-18-2-4-19(23)5-3-18/h2-5,16-17H,6-15H2,1H3. The van der Waals surface area contributed by atoms with E-state index in [1.165, 1.54) is 38.1 Å². The highest BCUT2D eigenvalue weighted by Gasteiger charge is 2.23. The lowest BCUT2D eigenvalue weighted by Gasteiger charge is -2.34. The molecule has 29 heavy (non-hydrogen) atoms. The second-order valence-electron chi connectivity index (χ2n) is 8.25. The number of aromatic nitrogens is 1. The SMILES string of the molecule is CC1CCN(Cc2csc(N3CCN(C(=O)Cc4ccc(F)cc4)CC3)n2)CC1. The van der Waals surface area contributed by atoms with Crippen molar-refractivity contribution in [1.29, 1.82) is 0 Å². The summed E-state index contributed by atoms with van der Waals surface area (Å²) in [5.74, 6) is 0.683. The van der Waals surface area contributed by atoms with Crippen LogP contribution < -0.4 is 4.90 Å². The zero-order chi connectivity index (χ0) is 20.2. The average Bonchev–Trinajstić information content (AvgIpc) is 3.20. The Morgan fingerprint density at radius 3 is 2.48 bits per heavy atom. The Balaban J connectivity index is 1.25. The number of likely N-dealkylation sites (tertiary alicyclic amines) is 1. The first-order chi connectivity index (χ1) is 14.1. The Kier molecular flexibility index (Phi) is 6.45. The molecule has 0 aliphatic carbocycles. The second-order valence-corrected chi connectivity index (χ2v) is 9.09. The number of anilines is 1. The molecule has 156 valence electrons. The molecule has 2 aliphatic rings. The van der Waals surface area contributed by atoms with Crippen LogP contribution in [0.25, 0.3) is 0 Å². The summed E-state index contributed by atoms with van der Waals surface area (Å²) in [6.07, 6.45) is 2.89. The van der Waals surface area contributed by atoms with Crippen LogP contribution in [-0.2, 0) is 17.8 Å². The number of rotatable bonds is 5. The lowest BCUT2D eigenvalue weighted by atomic mass is 9.99. The van der Waals surface area contributed by atoms with Gasteiger partial charge in [0.1, 0.15) is 5.82 Å². The molecule has 0 radical (unpaired) electrons. The minimum absolute atomic E-state index is 0.107. The molecule has 1 aromatic carbocycles. The largest absolute Gasteiger partial charge is 0.345 e. The van der Waals surface area contributed by atoms with E-state index in [1.807, 2.05) is 4.90 Å². The third-order valence-corrected chi connectivity index (χ3v) is 6.92. The molecule has 2 fully saturated rings. The Bertz CT molecular complexity index is 808. The van der Waals surface area contributed by atoms with Crippen molar-refractivity contribution in [2.45, 2.75) is 32.7 Å². The number of piperidine rings is 1. The Labute approximate surface area is 176 Å². The van der Waals surface area contributed by atoms with Gasteiger partial charge in [-0.2, -0.15) is 0 Å². The molecule has 5 nitrogen and oxygen atoms in total. The summed E-state index contributed by atoms with van der Waals surface area (Å²) in [6.45, 7) is 8.65. The minimum atomic E-state index is -0.271. The lowest BCUT2D eigenvalue weighted by molar-refractivity contribution is -0.130. The van der Waals surface area contributed by atoms with E-state index in [-0.39, 0.29) is 11.7 Å². The number of halogens is 1. The molecular weight excluding hydrogens is 387 g/mol. The number of thiazole rings is 1. The molecular formula is C22H29FN4OS. The van der Waals surface area contributed by atoms with E-state index >= 15 is 0 Å². The van der Waals surface area contributed by atoms with E-state index in [2.05, 4.69) is 22.1 Å². The van der Waals surface area contributed by atoms with Gasteiger partial charge in [0.15, 0.2) is 5.13 Å². The first-order valence-corrected chi connectivity index (χ1v) is 11.4. The average molecular weight is 417 g/mol. The van der Waals surface area contributed by atoms with Gasteiger partial charge < -0.3 is 9.80 Å². The number of amides is 1. The zero-order valence-electron chi connectivity index (χ0n) is 17.0. The third kappa shape index (κ3) is 5.34. The van der Waals surface area contributed by atoms with Crippen LogP contribution in [0.5, 0.6) is 0 Å². The van der Waals surface area contributed by atoms with Crippen LogP contribution in [0.3, 0.4) is 0 Å². The van der Waals surface area contributed by atoms with Crippen molar-refractivity contribution in [2.24, 2.45) is 5.92 Å². The molecule has 0 unspecified atom stereocenters. The maximum absolute atomic E-state index is 13.0. The number of piperazine rings is 1. The predicted molar refractivity (Wildman–Crippen MR) is 115 cm³/mol. The quantitative estimate of drug-likeness (QED) is 0.749. The molecule has 1 amide bonds. The van der Waals surface area contributed by atoms with Gasteiger partial charge >= 0.3 is 0 Å². The number of carbonyl (C=O) groups is 1. The summed E-state index contributed by atoms with van der Waals surface area (Å²) in [5.41, 5.74) is 2.02. The van der Waals surface area contributed by atoms with Gasteiger partial charge in [-0.1, -0.05) is 19.1 Å². The molecule has 2 aliphatic heterocycles. The van der Waals surface area contributed by atoms with Crippen molar-refractivity contribution in [2.75, 3.05) is 44.2 Å². The summed E-state index contributed by atoms with van der Waals surface area (Å²) >= 11 is 1.71. The summed E-state index contributed by atoms with van der Waals surface area (Å²) in [4.78, 5) is 24.1. The first kappa shape index (κ1) is 20.3. The predicted octanol–water partition coefficient (Wildman–Crippen LogP) is 3.41. The normalized spacial score (nSPS) is 19.0. The van der Waals surface area contributed by atoms with Crippen molar-refractivity contribution in [3.05, 3.63) is 46.7 Å². The molecule has 0 bridgehead atoms. The number of benzene rings is 1. The van der Waals surface area contributed by atoms with Gasteiger partial charge in [0, 0.05) is 38.1 Å². The molecule has 2 saturated heterocycles. The minimum Gasteiger partial charge on any atom is -0.345 e. The summed E-state index contributed by atoms with van der Waals surface area (Å²) < 4.78 is 13.0. The van der Waals surface area contributed by atoms with Crippen LogP contribution in [0.1, 0.15) is 31.0 Å². The number of nitrogens with zero attached hydrogens (tertiary/aromatic N) is 4. The van der Waals surface area contributed by atoms with Gasteiger partial charge in [-0.3, -0.25) is 9.69 Å². The van der Waals surface area contributed by atoms with E-state index in [0.717, 1.165) is 41.9 Å². The monoisotopic (exact) mass is 416 g/mol.